The second-order valence-electron chi connectivity index (χ2n) is 10.7. The van der Waals surface area contributed by atoms with Crippen LogP contribution in [-0.2, 0) is 42.6 Å². The minimum atomic E-state index is 0.309. The number of fused-ring (bicyclic) bond motifs is 1. The molecule has 0 saturated carbocycles. The summed E-state index contributed by atoms with van der Waals surface area (Å²) in [6, 6.07) is 11.1. The third-order valence-electron chi connectivity index (χ3n) is 7.04. The molecule has 2 aliphatic rings. The van der Waals surface area contributed by atoms with Gasteiger partial charge in [-0.3, -0.25) is 0 Å². The van der Waals surface area contributed by atoms with Crippen LogP contribution in [0.25, 0.3) is 0 Å². The van der Waals surface area contributed by atoms with Gasteiger partial charge in [-0.2, -0.15) is 10.2 Å². The van der Waals surface area contributed by atoms with E-state index in [0.717, 1.165) is 0 Å². The third-order valence-corrected chi connectivity index (χ3v) is 7.04. The molecule has 0 atom stereocenters. The highest BCUT2D eigenvalue weighted by Gasteiger charge is 2.12. The van der Waals surface area contributed by atoms with E-state index in [-0.39, 0.29) is 0 Å². The van der Waals surface area contributed by atoms with Crippen LogP contribution in [0.15, 0.2) is 46.6 Å². The van der Waals surface area contributed by atoms with Crippen LogP contribution in [0.5, 0.6) is 23.0 Å². The first-order valence-electron chi connectivity index (χ1n) is 17.4. The summed E-state index contributed by atoms with van der Waals surface area (Å²) in [5.41, 5.74) is 1.24. The van der Waals surface area contributed by atoms with E-state index < -0.39 is 0 Å². The SMILES string of the molecule is C1=N/N=C/c2c3cccc2OCCOCCOCCOCCOCCOc2cccc(c2/1)OCCOCCOCCOCCOCCOCCO3. The Labute approximate surface area is 299 Å². The molecule has 15 nitrogen and oxygen atoms in total. The average Bonchev–Trinajstić information content (AvgIpc) is 3.14. The Morgan fingerprint density at radius 1 is 0.275 bits per heavy atom. The Morgan fingerprint density at radius 3 is 0.686 bits per heavy atom. The van der Waals surface area contributed by atoms with Crippen LogP contribution in [0.2, 0.25) is 0 Å². The van der Waals surface area contributed by atoms with Gasteiger partial charge in [0.25, 0.3) is 0 Å². The standard InChI is InChI=1S/C36H52N2O13/c1-3-33-31-29-37-38-30-32-34(49-26-22-45-18-14-41-10-8-39-7-9-40-13-17-44-21-25-48-33)4-2-6-36(32)51-28-24-47-20-16-43-12-11-42-15-19-46-23-27-50-35(31)5-1/h1-6,29-30H,7-28H2/b37-29+,38-30+. The lowest BCUT2D eigenvalue weighted by Crippen LogP contribution is -2.15. The molecule has 51 heavy (non-hydrogen) atoms. The molecule has 0 amide bonds. The molecule has 0 aliphatic carbocycles. The second-order valence-corrected chi connectivity index (χ2v) is 10.7. The summed E-state index contributed by atoms with van der Waals surface area (Å²) in [5, 5.41) is 8.73. The van der Waals surface area contributed by atoms with Gasteiger partial charge in [0.15, 0.2) is 0 Å². The molecule has 0 aromatic heterocycles. The van der Waals surface area contributed by atoms with Crippen molar-refractivity contribution < 1.29 is 61.6 Å². The zero-order valence-corrected chi connectivity index (χ0v) is 29.4. The largest absolute Gasteiger partial charge is 0.490 e. The number of hydrogen-bond donors (Lipinski definition) is 0. The fourth-order valence-electron chi connectivity index (χ4n) is 4.57. The maximum Gasteiger partial charge on any atom is 0.132 e. The molecular weight excluding hydrogens is 668 g/mol. The molecule has 15 heteroatoms. The second kappa shape index (κ2) is 27.3. The highest BCUT2D eigenvalue weighted by molar-refractivity contribution is 5.90. The lowest BCUT2D eigenvalue weighted by atomic mass is 10.2. The fourth-order valence-corrected chi connectivity index (χ4v) is 4.57. The molecule has 2 aromatic carbocycles. The van der Waals surface area contributed by atoms with Crippen LogP contribution < -0.4 is 18.9 Å². The van der Waals surface area contributed by atoms with Gasteiger partial charge in [0.2, 0.25) is 0 Å². The van der Waals surface area contributed by atoms with Crippen LogP contribution in [0.4, 0.5) is 0 Å². The van der Waals surface area contributed by atoms with Gasteiger partial charge in [-0.15, -0.1) is 0 Å². The lowest BCUT2D eigenvalue weighted by molar-refractivity contribution is -0.0141. The Bertz CT molecular complexity index is 1160. The average molecular weight is 721 g/mol. The molecule has 2 bridgehead atoms. The van der Waals surface area contributed by atoms with Crippen LogP contribution in [0, 0.1) is 0 Å². The van der Waals surface area contributed by atoms with E-state index >= 15 is 0 Å². The van der Waals surface area contributed by atoms with Gasteiger partial charge in [0.05, 0.1) is 142 Å². The molecule has 0 N–H and O–H groups in total. The third kappa shape index (κ3) is 17.6. The van der Waals surface area contributed by atoms with Crippen molar-refractivity contribution in [3.8, 4) is 23.0 Å². The maximum absolute atomic E-state index is 6.08. The topological polar surface area (TPSA) is 145 Å². The molecule has 0 radical (unpaired) electrons. The molecule has 2 aliphatic heterocycles. The van der Waals surface area contributed by atoms with Gasteiger partial charge in [-0.1, -0.05) is 12.1 Å². The van der Waals surface area contributed by atoms with Crippen molar-refractivity contribution in [2.45, 2.75) is 0 Å². The van der Waals surface area contributed by atoms with Crippen molar-refractivity contribution in [1.82, 2.24) is 0 Å². The Hall–Kier alpha value is -3.38. The van der Waals surface area contributed by atoms with Crippen molar-refractivity contribution in [2.24, 2.45) is 10.2 Å². The smallest absolute Gasteiger partial charge is 0.132 e. The van der Waals surface area contributed by atoms with E-state index in [2.05, 4.69) is 10.2 Å². The molecule has 284 valence electrons. The summed E-state index contributed by atoms with van der Waals surface area (Å²) in [6.45, 7) is 9.11. The van der Waals surface area contributed by atoms with Gasteiger partial charge in [-0.25, -0.2) is 0 Å². The number of nitrogens with zero attached hydrogens (tertiary/aromatic N) is 2. The van der Waals surface area contributed by atoms with Gasteiger partial charge in [-0.05, 0) is 24.3 Å². The summed E-state index contributed by atoms with van der Waals surface area (Å²) >= 11 is 0. The van der Waals surface area contributed by atoms with Crippen molar-refractivity contribution >= 4 is 12.4 Å². The summed E-state index contributed by atoms with van der Waals surface area (Å²) in [6.07, 6.45) is 3.18. The maximum atomic E-state index is 6.08. The van der Waals surface area contributed by atoms with Gasteiger partial charge in [0.1, 0.15) is 49.4 Å². The minimum Gasteiger partial charge on any atom is -0.490 e. The molecular formula is C36H52N2O13. The van der Waals surface area contributed by atoms with Crippen molar-refractivity contribution in [1.29, 1.82) is 0 Å². The highest BCUT2D eigenvalue weighted by Crippen LogP contribution is 2.29. The molecule has 4 rings (SSSR count). The number of hydrogen-bond acceptors (Lipinski definition) is 15. The zero-order chi connectivity index (χ0) is 35.3. The van der Waals surface area contributed by atoms with E-state index in [9.17, 15) is 0 Å². The van der Waals surface area contributed by atoms with E-state index in [0.29, 0.717) is 179 Å². The number of rotatable bonds is 0. The van der Waals surface area contributed by atoms with E-state index in [1.54, 1.807) is 12.4 Å². The first-order valence-corrected chi connectivity index (χ1v) is 17.4. The van der Waals surface area contributed by atoms with Gasteiger partial charge in [0, 0.05) is 0 Å². The predicted molar refractivity (Wildman–Crippen MR) is 187 cm³/mol. The Kier molecular flexibility index (Phi) is 21.6. The van der Waals surface area contributed by atoms with Gasteiger partial charge < -0.3 is 61.6 Å². The summed E-state index contributed by atoms with van der Waals surface area (Å²) in [4.78, 5) is 0. The summed E-state index contributed by atoms with van der Waals surface area (Å²) in [7, 11) is 0. The summed E-state index contributed by atoms with van der Waals surface area (Å²) in [5.74, 6) is 2.26. The minimum absolute atomic E-state index is 0.309. The number of benzene rings is 2. The molecule has 0 spiro atoms. The first-order chi connectivity index (χ1) is 25.4. The van der Waals surface area contributed by atoms with E-state index in [1.807, 2.05) is 36.4 Å². The molecule has 2 aromatic rings. The van der Waals surface area contributed by atoms with E-state index in [4.69, 9.17) is 61.6 Å². The molecule has 0 saturated heterocycles. The quantitative estimate of drug-likeness (QED) is 0.394. The summed E-state index contributed by atoms with van der Waals surface area (Å²) < 4.78 is 74.9. The van der Waals surface area contributed by atoms with Crippen LogP contribution in [0.1, 0.15) is 11.1 Å². The van der Waals surface area contributed by atoms with Crippen molar-refractivity contribution in [2.75, 3.05) is 145 Å². The van der Waals surface area contributed by atoms with E-state index in [1.165, 1.54) is 0 Å². The zero-order valence-electron chi connectivity index (χ0n) is 29.4. The molecule has 0 fully saturated rings. The predicted octanol–water partition coefficient (Wildman–Crippen LogP) is 2.83. The van der Waals surface area contributed by atoms with Gasteiger partial charge >= 0.3 is 0 Å². The highest BCUT2D eigenvalue weighted by atomic mass is 16.6. The van der Waals surface area contributed by atoms with Crippen molar-refractivity contribution in [3.63, 3.8) is 0 Å². The van der Waals surface area contributed by atoms with Crippen LogP contribution in [0.3, 0.4) is 0 Å². The first kappa shape index (κ1) is 40.4. The normalized spacial score (nSPS) is 21.4. The molecule has 2 heterocycles. The number of ether oxygens (including phenoxy) is 13. The lowest BCUT2D eigenvalue weighted by Gasteiger charge is -2.15. The monoisotopic (exact) mass is 720 g/mol. The van der Waals surface area contributed by atoms with Crippen molar-refractivity contribution in [3.05, 3.63) is 47.5 Å². The Balaban J connectivity index is 1.51. The molecule has 0 unspecified atom stereocenters. The Morgan fingerprint density at radius 2 is 0.471 bits per heavy atom. The van der Waals surface area contributed by atoms with Crippen LogP contribution in [-0.4, -0.2) is 158 Å². The fraction of sp³-hybridized carbons (Fsp3) is 0.611. The van der Waals surface area contributed by atoms with Crippen LogP contribution >= 0.6 is 0 Å².